The molecule has 6 nitrogen and oxygen atoms in total. The average molecular weight is 383 g/mol. The molecule has 1 amide bonds. The molecule has 0 saturated heterocycles. The summed E-state index contributed by atoms with van der Waals surface area (Å²) in [5, 5.41) is 13.2. The van der Waals surface area contributed by atoms with Gasteiger partial charge in [0.1, 0.15) is 11.6 Å². The van der Waals surface area contributed by atoms with Crippen LogP contribution in [0.3, 0.4) is 0 Å². The molecule has 0 aromatic heterocycles. The maximum Gasteiger partial charge on any atom is 0.269 e. The molecule has 0 aliphatic rings. The van der Waals surface area contributed by atoms with Crippen molar-refractivity contribution in [3.63, 3.8) is 0 Å². The lowest BCUT2D eigenvalue weighted by Crippen LogP contribution is -2.30. The minimum Gasteiger partial charge on any atom is -0.480 e. The van der Waals surface area contributed by atoms with E-state index in [0.717, 1.165) is 0 Å². The maximum atomic E-state index is 13.0. The summed E-state index contributed by atoms with van der Waals surface area (Å²) in [6, 6.07) is 9.30. The molecule has 120 valence electrons. The largest absolute Gasteiger partial charge is 0.480 e. The topological polar surface area (TPSA) is 81.5 Å². The van der Waals surface area contributed by atoms with Gasteiger partial charge in [0.15, 0.2) is 6.10 Å². The van der Waals surface area contributed by atoms with Crippen LogP contribution in [0, 0.1) is 15.9 Å². The molecular weight excluding hydrogens is 371 g/mol. The molecule has 0 bridgehead atoms. The fourth-order valence-electron chi connectivity index (χ4n) is 1.73. The highest BCUT2D eigenvalue weighted by molar-refractivity contribution is 9.10. The molecule has 0 saturated carbocycles. The number of nitrogens with one attached hydrogen (secondary N) is 1. The average Bonchev–Trinajstić information content (AvgIpc) is 2.50. The van der Waals surface area contributed by atoms with Crippen LogP contribution in [0.1, 0.15) is 6.92 Å². The van der Waals surface area contributed by atoms with Crippen molar-refractivity contribution in [3.05, 3.63) is 62.9 Å². The van der Waals surface area contributed by atoms with Crippen molar-refractivity contribution >= 4 is 33.2 Å². The second-order valence-corrected chi connectivity index (χ2v) is 5.48. The van der Waals surface area contributed by atoms with Gasteiger partial charge in [-0.2, -0.15) is 0 Å². The third-order valence-corrected chi connectivity index (χ3v) is 3.53. The molecule has 0 aliphatic heterocycles. The Bertz CT molecular complexity index is 737. The van der Waals surface area contributed by atoms with Crippen LogP contribution in [0.15, 0.2) is 46.9 Å². The summed E-state index contributed by atoms with van der Waals surface area (Å²) in [4.78, 5) is 22.1. The van der Waals surface area contributed by atoms with Crippen LogP contribution < -0.4 is 10.1 Å². The third kappa shape index (κ3) is 4.49. The Balaban J connectivity index is 2.00. The first kappa shape index (κ1) is 16.9. The summed E-state index contributed by atoms with van der Waals surface area (Å²) in [5.41, 5.74) is 0.344. The van der Waals surface area contributed by atoms with E-state index in [1.807, 2.05) is 0 Å². The van der Waals surface area contributed by atoms with Gasteiger partial charge < -0.3 is 10.1 Å². The highest BCUT2D eigenvalue weighted by Gasteiger charge is 2.17. The first-order valence-corrected chi connectivity index (χ1v) is 7.33. The van der Waals surface area contributed by atoms with E-state index in [1.165, 1.54) is 49.4 Å². The maximum absolute atomic E-state index is 13.0. The van der Waals surface area contributed by atoms with Crippen molar-refractivity contribution < 1.29 is 18.8 Å². The second kappa shape index (κ2) is 7.19. The Morgan fingerprint density at radius 3 is 2.52 bits per heavy atom. The van der Waals surface area contributed by atoms with Crippen molar-refractivity contribution in [3.8, 4) is 5.75 Å². The Morgan fingerprint density at radius 2 is 1.96 bits per heavy atom. The summed E-state index contributed by atoms with van der Waals surface area (Å²) in [6.45, 7) is 1.54. The normalized spacial score (nSPS) is 11.6. The van der Waals surface area contributed by atoms with Crippen LogP contribution in [0.5, 0.6) is 5.75 Å². The van der Waals surface area contributed by atoms with Crippen molar-refractivity contribution in [2.75, 3.05) is 5.32 Å². The van der Waals surface area contributed by atoms with Gasteiger partial charge in [-0.1, -0.05) is 0 Å². The van der Waals surface area contributed by atoms with Crippen LogP contribution >= 0.6 is 15.9 Å². The molecule has 1 unspecified atom stereocenters. The Morgan fingerprint density at radius 1 is 1.30 bits per heavy atom. The van der Waals surface area contributed by atoms with Gasteiger partial charge in [0.05, 0.1) is 9.40 Å². The van der Waals surface area contributed by atoms with E-state index in [4.69, 9.17) is 4.74 Å². The van der Waals surface area contributed by atoms with Gasteiger partial charge in [0, 0.05) is 17.8 Å². The van der Waals surface area contributed by atoms with E-state index in [9.17, 15) is 19.3 Å². The lowest BCUT2D eigenvalue weighted by atomic mass is 10.2. The second-order valence-electron chi connectivity index (χ2n) is 4.63. The van der Waals surface area contributed by atoms with Crippen molar-refractivity contribution in [2.24, 2.45) is 0 Å². The summed E-state index contributed by atoms with van der Waals surface area (Å²) in [7, 11) is 0. The fraction of sp³-hybridized carbons (Fsp3) is 0.133. The Hall–Kier alpha value is -2.48. The number of nitro benzene ring substituents is 1. The number of nitrogens with zero attached hydrogens (tertiary/aromatic N) is 1. The summed E-state index contributed by atoms with van der Waals surface area (Å²) in [6.07, 6.45) is -0.841. The summed E-state index contributed by atoms with van der Waals surface area (Å²) < 4.78 is 18.9. The smallest absolute Gasteiger partial charge is 0.269 e. The highest BCUT2D eigenvalue weighted by atomic mass is 79.9. The van der Waals surface area contributed by atoms with Crippen molar-refractivity contribution in [1.29, 1.82) is 0 Å². The van der Waals surface area contributed by atoms with Crippen LogP contribution in [0.4, 0.5) is 15.8 Å². The monoisotopic (exact) mass is 382 g/mol. The quantitative estimate of drug-likeness (QED) is 0.627. The molecule has 8 heteroatoms. The highest BCUT2D eigenvalue weighted by Crippen LogP contribution is 2.26. The number of rotatable bonds is 5. The first-order chi connectivity index (χ1) is 10.9. The number of anilines is 1. The SMILES string of the molecule is CC(Oc1ccc(F)cc1Br)C(=O)Nc1ccc([N+](=O)[O-])cc1. The van der Waals surface area contributed by atoms with Gasteiger partial charge in [0.2, 0.25) is 0 Å². The number of nitro groups is 1. The fourth-order valence-corrected chi connectivity index (χ4v) is 2.17. The number of hydrogen-bond acceptors (Lipinski definition) is 4. The van der Waals surface area contributed by atoms with Crippen molar-refractivity contribution in [2.45, 2.75) is 13.0 Å². The molecule has 0 radical (unpaired) electrons. The number of benzene rings is 2. The molecule has 1 N–H and O–H groups in total. The number of carbonyl (C=O) groups is 1. The molecule has 2 aromatic carbocycles. The lowest BCUT2D eigenvalue weighted by molar-refractivity contribution is -0.384. The number of amides is 1. The van der Waals surface area contributed by atoms with E-state index in [1.54, 1.807) is 0 Å². The number of carbonyl (C=O) groups excluding carboxylic acids is 1. The van der Waals surface area contributed by atoms with E-state index in [2.05, 4.69) is 21.2 Å². The molecule has 0 fully saturated rings. The van der Waals surface area contributed by atoms with Crippen LogP contribution in [0.25, 0.3) is 0 Å². The minimum absolute atomic E-state index is 0.0671. The zero-order valence-corrected chi connectivity index (χ0v) is 13.5. The van der Waals surface area contributed by atoms with Gasteiger partial charge in [-0.3, -0.25) is 14.9 Å². The molecule has 0 heterocycles. The summed E-state index contributed by atoms with van der Waals surface area (Å²) in [5.74, 6) is -0.528. The van der Waals surface area contributed by atoms with Gasteiger partial charge in [0.25, 0.3) is 11.6 Å². The molecule has 2 rings (SSSR count). The number of ether oxygens (including phenoxy) is 1. The molecule has 0 spiro atoms. The van der Waals surface area contributed by atoms with E-state index in [0.29, 0.717) is 15.9 Å². The molecule has 1 atom stereocenters. The van der Waals surface area contributed by atoms with Crippen LogP contribution in [-0.4, -0.2) is 16.9 Å². The van der Waals surface area contributed by atoms with Gasteiger partial charge in [-0.05, 0) is 53.2 Å². The third-order valence-electron chi connectivity index (χ3n) is 2.91. The molecule has 2 aromatic rings. The minimum atomic E-state index is -0.841. The number of halogens is 2. The first-order valence-electron chi connectivity index (χ1n) is 6.54. The standard InChI is InChI=1S/C15H12BrFN2O4/c1-9(23-14-7-2-10(17)8-13(14)16)15(20)18-11-3-5-12(6-4-11)19(21)22/h2-9H,1H3,(H,18,20). The zero-order valence-electron chi connectivity index (χ0n) is 12.0. The van der Waals surface area contributed by atoms with E-state index < -0.39 is 22.8 Å². The van der Waals surface area contributed by atoms with Crippen LogP contribution in [-0.2, 0) is 4.79 Å². The molecular formula is C15H12BrFN2O4. The predicted octanol–water partition coefficient (Wildman–Crippen LogP) is 3.90. The lowest BCUT2D eigenvalue weighted by Gasteiger charge is -2.15. The Kier molecular flexibility index (Phi) is 5.28. The van der Waals surface area contributed by atoms with E-state index in [-0.39, 0.29) is 5.69 Å². The van der Waals surface area contributed by atoms with E-state index >= 15 is 0 Å². The van der Waals surface area contributed by atoms with Crippen molar-refractivity contribution in [1.82, 2.24) is 0 Å². The van der Waals surface area contributed by atoms with Gasteiger partial charge in [-0.25, -0.2) is 4.39 Å². The van der Waals surface area contributed by atoms with Gasteiger partial charge in [-0.15, -0.1) is 0 Å². The number of non-ortho nitro benzene ring substituents is 1. The predicted molar refractivity (Wildman–Crippen MR) is 85.9 cm³/mol. The van der Waals surface area contributed by atoms with Crippen LogP contribution in [0.2, 0.25) is 0 Å². The Labute approximate surface area is 139 Å². The molecule has 23 heavy (non-hydrogen) atoms. The zero-order chi connectivity index (χ0) is 17.0. The summed E-state index contributed by atoms with van der Waals surface area (Å²) >= 11 is 3.15. The number of hydrogen-bond donors (Lipinski definition) is 1. The molecule has 0 aliphatic carbocycles. The van der Waals surface area contributed by atoms with Gasteiger partial charge >= 0.3 is 0 Å².